The van der Waals surface area contributed by atoms with Crippen LogP contribution < -0.4 is 10.2 Å². The Balaban J connectivity index is 1.89. The summed E-state index contributed by atoms with van der Waals surface area (Å²) in [7, 11) is 0. The molecule has 1 fully saturated rings. The Morgan fingerprint density at radius 2 is 2.05 bits per heavy atom. The molecule has 1 aliphatic heterocycles. The number of anilines is 2. The average molecular weight is 286 g/mol. The molecule has 1 N–H and O–H groups in total. The zero-order valence-electron chi connectivity index (χ0n) is 11.2. The van der Waals surface area contributed by atoms with Crippen LogP contribution in [-0.2, 0) is 4.74 Å². The molecular weight excluding hydrogens is 266 g/mol. The van der Waals surface area contributed by atoms with Gasteiger partial charge in [0.25, 0.3) is 0 Å². The van der Waals surface area contributed by atoms with Gasteiger partial charge in [-0.05, 0) is 37.8 Å². The Kier molecular flexibility index (Phi) is 5.60. The summed E-state index contributed by atoms with van der Waals surface area (Å²) in [5, 5.41) is 3.39. The molecule has 1 aromatic heterocycles. The minimum absolute atomic E-state index is 0.240. The van der Waals surface area contributed by atoms with Crippen molar-refractivity contribution in [2.45, 2.75) is 26.2 Å². The summed E-state index contributed by atoms with van der Waals surface area (Å²) in [6.45, 7) is 6.22. The molecule has 1 saturated heterocycles. The second-order valence-corrected chi connectivity index (χ2v) is 4.74. The molecule has 0 aliphatic carbocycles. The van der Waals surface area contributed by atoms with Crippen molar-refractivity contribution in [3.05, 3.63) is 5.28 Å². The fraction of sp³-hybridized carbons (Fsp3) is 0.750. The molecule has 0 unspecified atom stereocenters. The zero-order valence-corrected chi connectivity index (χ0v) is 12.0. The van der Waals surface area contributed by atoms with E-state index in [2.05, 4.69) is 25.2 Å². The number of nitrogens with one attached hydrogen (secondary N) is 1. The molecule has 19 heavy (non-hydrogen) atoms. The van der Waals surface area contributed by atoms with E-state index in [9.17, 15) is 0 Å². The van der Waals surface area contributed by atoms with Crippen molar-refractivity contribution in [2.75, 3.05) is 43.1 Å². The van der Waals surface area contributed by atoms with Crippen molar-refractivity contribution in [3.8, 4) is 0 Å². The quantitative estimate of drug-likeness (QED) is 0.773. The number of hydrogen-bond acceptors (Lipinski definition) is 6. The smallest absolute Gasteiger partial charge is 0.231 e. The standard InChI is InChI=1S/C12H20ClN5O/c1-2-19-9-5-6-14-11-15-10(13)16-12(17-11)18-7-3-4-8-18/h2-9H2,1H3,(H,14,15,16,17). The molecule has 7 heteroatoms. The normalized spacial score (nSPS) is 14.9. The third-order valence-corrected chi connectivity index (χ3v) is 3.11. The largest absolute Gasteiger partial charge is 0.382 e. The molecule has 0 aromatic carbocycles. The number of nitrogens with zero attached hydrogens (tertiary/aromatic N) is 4. The Labute approximate surface area is 118 Å². The van der Waals surface area contributed by atoms with E-state index in [1.54, 1.807) is 0 Å². The average Bonchev–Trinajstić information content (AvgIpc) is 2.92. The third-order valence-electron chi connectivity index (χ3n) is 2.94. The van der Waals surface area contributed by atoms with Gasteiger partial charge in [-0.2, -0.15) is 15.0 Å². The number of aromatic nitrogens is 3. The first kappa shape index (κ1) is 14.3. The monoisotopic (exact) mass is 285 g/mol. The fourth-order valence-electron chi connectivity index (χ4n) is 2.00. The first-order valence-electron chi connectivity index (χ1n) is 6.77. The third kappa shape index (κ3) is 4.47. The van der Waals surface area contributed by atoms with Crippen molar-refractivity contribution >= 4 is 23.5 Å². The number of rotatable bonds is 7. The van der Waals surface area contributed by atoms with Crippen LogP contribution in [0.2, 0.25) is 5.28 Å². The minimum atomic E-state index is 0.240. The maximum absolute atomic E-state index is 5.94. The van der Waals surface area contributed by atoms with Crippen molar-refractivity contribution in [2.24, 2.45) is 0 Å². The van der Waals surface area contributed by atoms with E-state index < -0.39 is 0 Å². The summed E-state index contributed by atoms with van der Waals surface area (Å²) in [4.78, 5) is 14.8. The van der Waals surface area contributed by atoms with Gasteiger partial charge in [-0.3, -0.25) is 0 Å². The molecule has 1 aliphatic rings. The van der Waals surface area contributed by atoms with E-state index in [0.29, 0.717) is 11.9 Å². The maximum Gasteiger partial charge on any atom is 0.231 e. The van der Waals surface area contributed by atoms with Crippen LogP contribution in [0.15, 0.2) is 0 Å². The summed E-state index contributed by atoms with van der Waals surface area (Å²) in [5.41, 5.74) is 0. The van der Waals surface area contributed by atoms with Gasteiger partial charge < -0.3 is 15.0 Å². The minimum Gasteiger partial charge on any atom is -0.382 e. The SMILES string of the molecule is CCOCCCNc1nc(Cl)nc(N2CCCC2)n1. The Bertz CT molecular complexity index is 398. The van der Waals surface area contributed by atoms with Crippen molar-refractivity contribution < 1.29 is 4.74 Å². The molecule has 2 rings (SSSR count). The molecule has 106 valence electrons. The van der Waals surface area contributed by atoms with E-state index in [-0.39, 0.29) is 5.28 Å². The van der Waals surface area contributed by atoms with Crippen molar-refractivity contribution in [1.82, 2.24) is 15.0 Å². The van der Waals surface area contributed by atoms with Crippen LogP contribution in [0.4, 0.5) is 11.9 Å². The zero-order chi connectivity index (χ0) is 13.5. The van der Waals surface area contributed by atoms with E-state index in [0.717, 1.165) is 39.3 Å². The first-order chi connectivity index (χ1) is 9.29. The lowest BCUT2D eigenvalue weighted by molar-refractivity contribution is 0.147. The topological polar surface area (TPSA) is 63.2 Å². The van der Waals surface area contributed by atoms with Gasteiger partial charge in [-0.15, -0.1) is 0 Å². The van der Waals surface area contributed by atoms with Crippen LogP contribution >= 0.6 is 11.6 Å². The predicted octanol–water partition coefficient (Wildman–Crippen LogP) is 1.96. The summed E-state index contributed by atoms with van der Waals surface area (Å²) >= 11 is 5.94. The lowest BCUT2D eigenvalue weighted by Gasteiger charge is -2.15. The van der Waals surface area contributed by atoms with Gasteiger partial charge in [0, 0.05) is 32.8 Å². The second kappa shape index (κ2) is 7.45. The van der Waals surface area contributed by atoms with Crippen LogP contribution in [0, 0.1) is 0 Å². The molecule has 0 amide bonds. The lowest BCUT2D eigenvalue weighted by Crippen LogP contribution is -2.21. The highest BCUT2D eigenvalue weighted by Gasteiger charge is 2.16. The summed E-state index contributed by atoms with van der Waals surface area (Å²) in [6.07, 6.45) is 3.27. The van der Waals surface area contributed by atoms with Crippen LogP contribution in [-0.4, -0.2) is 47.8 Å². The molecule has 2 heterocycles. The summed E-state index contributed by atoms with van der Waals surface area (Å²) in [6, 6.07) is 0. The molecule has 0 atom stereocenters. The van der Waals surface area contributed by atoms with Gasteiger partial charge in [-0.1, -0.05) is 0 Å². The Hall–Kier alpha value is -1.14. The van der Waals surface area contributed by atoms with E-state index in [1.807, 2.05) is 6.92 Å². The van der Waals surface area contributed by atoms with Gasteiger partial charge in [0.2, 0.25) is 17.2 Å². The second-order valence-electron chi connectivity index (χ2n) is 4.40. The van der Waals surface area contributed by atoms with E-state index in [4.69, 9.17) is 16.3 Å². The highest BCUT2D eigenvalue weighted by Crippen LogP contribution is 2.18. The van der Waals surface area contributed by atoms with E-state index >= 15 is 0 Å². The van der Waals surface area contributed by atoms with Gasteiger partial charge in [-0.25, -0.2) is 0 Å². The summed E-state index contributed by atoms with van der Waals surface area (Å²) in [5.74, 6) is 1.21. The predicted molar refractivity (Wildman–Crippen MR) is 75.9 cm³/mol. The number of ether oxygens (including phenoxy) is 1. The first-order valence-corrected chi connectivity index (χ1v) is 7.15. The Morgan fingerprint density at radius 3 is 2.79 bits per heavy atom. The van der Waals surface area contributed by atoms with Crippen LogP contribution in [0.3, 0.4) is 0 Å². The van der Waals surface area contributed by atoms with E-state index in [1.165, 1.54) is 12.8 Å². The highest BCUT2D eigenvalue weighted by molar-refractivity contribution is 6.28. The maximum atomic E-state index is 5.94. The van der Waals surface area contributed by atoms with Crippen LogP contribution in [0.25, 0.3) is 0 Å². The molecule has 0 spiro atoms. The van der Waals surface area contributed by atoms with Gasteiger partial charge >= 0.3 is 0 Å². The molecule has 1 aromatic rings. The molecule has 0 radical (unpaired) electrons. The van der Waals surface area contributed by atoms with Crippen LogP contribution in [0.5, 0.6) is 0 Å². The van der Waals surface area contributed by atoms with Gasteiger partial charge in [0.1, 0.15) is 0 Å². The van der Waals surface area contributed by atoms with Crippen LogP contribution in [0.1, 0.15) is 26.2 Å². The number of halogens is 1. The van der Waals surface area contributed by atoms with Gasteiger partial charge in [0.15, 0.2) is 0 Å². The van der Waals surface area contributed by atoms with Crippen molar-refractivity contribution in [1.29, 1.82) is 0 Å². The Morgan fingerprint density at radius 1 is 1.26 bits per heavy atom. The molecule has 6 nitrogen and oxygen atoms in total. The highest BCUT2D eigenvalue weighted by atomic mass is 35.5. The molecule has 0 saturated carbocycles. The molecular formula is C12H20ClN5O. The van der Waals surface area contributed by atoms with Gasteiger partial charge in [0.05, 0.1) is 0 Å². The molecule has 0 bridgehead atoms. The summed E-state index contributed by atoms with van der Waals surface area (Å²) < 4.78 is 5.27. The van der Waals surface area contributed by atoms with Crippen molar-refractivity contribution in [3.63, 3.8) is 0 Å². The fourth-order valence-corrected chi connectivity index (χ4v) is 2.15. The number of hydrogen-bond donors (Lipinski definition) is 1. The lowest BCUT2D eigenvalue weighted by atomic mass is 10.4.